The highest BCUT2D eigenvalue weighted by molar-refractivity contribution is 6.10. The highest BCUT2D eigenvalue weighted by Crippen LogP contribution is 2.25. The van der Waals surface area contributed by atoms with Crippen LogP contribution in [0.25, 0.3) is 23.0 Å². The van der Waals surface area contributed by atoms with Crippen molar-refractivity contribution in [2.45, 2.75) is 0 Å². The molecule has 2 aromatic carbocycles. The summed E-state index contributed by atoms with van der Waals surface area (Å²) in [7, 11) is 0. The van der Waals surface area contributed by atoms with E-state index >= 15 is 0 Å². The van der Waals surface area contributed by atoms with Crippen LogP contribution in [0.1, 0.15) is 5.56 Å². The van der Waals surface area contributed by atoms with Crippen LogP contribution in [0.4, 0.5) is 10.1 Å². The van der Waals surface area contributed by atoms with Crippen LogP contribution in [0, 0.1) is 17.1 Å². The highest BCUT2D eigenvalue weighted by Gasteiger charge is 2.15. The van der Waals surface area contributed by atoms with Crippen molar-refractivity contribution in [3.05, 3.63) is 102 Å². The molecule has 6 nitrogen and oxygen atoms in total. The van der Waals surface area contributed by atoms with Gasteiger partial charge in [-0.15, -0.1) is 0 Å². The third kappa shape index (κ3) is 4.54. The molecule has 0 saturated heterocycles. The number of para-hydroxylation sites is 1. The van der Waals surface area contributed by atoms with Crippen molar-refractivity contribution in [1.82, 2.24) is 14.8 Å². The lowest BCUT2D eigenvalue weighted by Gasteiger charge is -2.04. The van der Waals surface area contributed by atoms with Crippen molar-refractivity contribution < 1.29 is 9.18 Å². The second-order valence-electron chi connectivity index (χ2n) is 6.59. The Morgan fingerprint density at radius 2 is 1.84 bits per heavy atom. The van der Waals surface area contributed by atoms with Gasteiger partial charge in [-0.3, -0.25) is 9.78 Å². The van der Waals surface area contributed by atoms with Gasteiger partial charge in [0.05, 0.1) is 5.69 Å². The number of anilines is 1. The van der Waals surface area contributed by atoms with E-state index in [0.29, 0.717) is 16.9 Å². The summed E-state index contributed by atoms with van der Waals surface area (Å²) in [5.74, 6) is -1.01. The second kappa shape index (κ2) is 8.84. The van der Waals surface area contributed by atoms with Crippen LogP contribution in [0.5, 0.6) is 0 Å². The summed E-state index contributed by atoms with van der Waals surface area (Å²) in [6, 6.07) is 20.4. The maximum atomic E-state index is 13.1. The zero-order valence-electron chi connectivity index (χ0n) is 16.2. The minimum absolute atomic E-state index is 0.109. The van der Waals surface area contributed by atoms with Gasteiger partial charge in [-0.1, -0.05) is 18.2 Å². The van der Waals surface area contributed by atoms with Gasteiger partial charge in [-0.25, -0.2) is 9.07 Å². The Morgan fingerprint density at radius 3 is 2.52 bits per heavy atom. The van der Waals surface area contributed by atoms with Gasteiger partial charge in [-0.2, -0.15) is 10.4 Å². The molecule has 0 spiro atoms. The monoisotopic (exact) mass is 409 g/mol. The van der Waals surface area contributed by atoms with Gasteiger partial charge < -0.3 is 5.32 Å². The zero-order valence-corrected chi connectivity index (χ0v) is 16.2. The molecule has 0 aliphatic heterocycles. The van der Waals surface area contributed by atoms with Crippen molar-refractivity contribution in [3.63, 3.8) is 0 Å². The van der Waals surface area contributed by atoms with Crippen LogP contribution in [0.2, 0.25) is 0 Å². The topological polar surface area (TPSA) is 83.6 Å². The predicted molar refractivity (Wildman–Crippen MR) is 115 cm³/mol. The summed E-state index contributed by atoms with van der Waals surface area (Å²) in [4.78, 5) is 16.8. The van der Waals surface area contributed by atoms with Crippen molar-refractivity contribution >= 4 is 17.7 Å². The number of amides is 1. The van der Waals surface area contributed by atoms with Gasteiger partial charge in [0.1, 0.15) is 23.2 Å². The minimum Gasteiger partial charge on any atom is -0.321 e. The van der Waals surface area contributed by atoms with Crippen LogP contribution in [0.15, 0.2) is 90.9 Å². The van der Waals surface area contributed by atoms with Crippen LogP contribution in [-0.4, -0.2) is 20.7 Å². The van der Waals surface area contributed by atoms with Crippen LogP contribution in [0.3, 0.4) is 0 Å². The standard InChI is InChI=1S/C24H16FN5O/c25-20-8-10-21(11-9-20)28-24(31)18(14-26)13-19-16-30(22-6-2-1-3-7-22)29-23(19)17-5-4-12-27-15-17/h1-13,15-16H,(H,28,31)/b18-13+. The largest absolute Gasteiger partial charge is 0.321 e. The molecule has 0 saturated carbocycles. The summed E-state index contributed by atoms with van der Waals surface area (Å²) in [6.07, 6.45) is 6.55. The van der Waals surface area contributed by atoms with E-state index in [4.69, 9.17) is 0 Å². The van der Waals surface area contributed by atoms with Gasteiger partial charge in [0.25, 0.3) is 5.91 Å². The minimum atomic E-state index is -0.598. The van der Waals surface area contributed by atoms with Gasteiger partial charge >= 0.3 is 0 Å². The summed E-state index contributed by atoms with van der Waals surface area (Å²) in [6.45, 7) is 0. The molecule has 0 fully saturated rings. The lowest BCUT2D eigenvalue weighted by molar-refractivity contribution is -0.112. The summed E-state index contributed by atoms with van der Waals surface area (Å²) < 4.78 is 14.8. The molecule has 4 rings (SSSR count). The fourth-order valence-corrected chi connectivity index (χ4v) is 2.97. The number of aromatic nitrogens is 3. The molecule has 1 N–H and O–H groups in total. The van der Waals surface area contributed by atoms with E-state index < -0.39 is 11.7 Å². The number of carbonyl (C=O) groups is 1. The quantitative estimate of drug-likeness (QED) is 0.385. The molecule has 0 bridgehead atoms. The van der Waals surface area contributed by atoms with E-state index in [1.807, 2.05) is 42.5 Å². The number of hydrogen-bond acceptors (Lipinski definition) is 4. The maximum Gasteiger partial charge on any atom is 0.266 e. The Morgan fingerprint density at radius 1 is 1.06 bits per heavy atom. The van der Waals surface area contributed by atoms with Crippen molar-refractivity contribution in [2.75, 3.05) is 5.32 Å². The highest BCUT2D eigenvalue weighted by atomic mass is 19.1. The van der Waals surface area contributed by atoms with Crippen molar-refractivity contribution in [2.24, 2.45) is 0 Å². The van der Waals surface area contributed by atoms with Gasteiger partial charge in [-0.05, 0) is 54.6 Å². The first-order chi connectivity index (χ1) is 15.1. The number of carbonyl (C=O) groups excluding carboxylic acids is 1. The average molecular weight is 409 g/mol. The van der Waals surface area contributed by atoms with E-state index in [0.717, 1.165) is 11.3 Å². The Kier molecular flexibility index (Phi) is 5.63. The normalized spacial score (nSPS) is 11.0. The molecule has 0 aliphatic rings. The van der Waals surface area contributed by atoms with E-state index in [-0.39, 0.29) is 5.57 Å². The first kappa shape index (κ1) is 19.7. The first-order valence-electron chi connectivity index (χ1n) is 9.38. The Labute approximate surface area is 177 Å². The maximum absolute atomic E-state index is 13.1. The molecule has 4 aromatic rings. The third-order valence-electron chi connectivity index (χ3n) is 4.47. The fourth-order valence-electron chi connectivity index (χ4n) is 2.97. The SMILES string of the molecule is N#C/C(=C\c1cn(-c2ccccc2)nc1-c1cccnc1)C(=O)Nc1ccc(F)cc1. The smallest absolute Gasteiger partial charge is 0.266 e. The van der Waals surface area contributed by atoms with Crippen molar-refractivity contribution in [3.8, 4) is 23.0 Å². The molecular weight excluding hydrogens is 393 g/mol. The second-order valence-corrected chi connectivity index (χ2v) is 6.59. The lowest BCUT2D eigenvalue weighted by Crippen LogP contribution is -2.13. The number of rotatable bonds is 5. The number of nitrogens with one attached hydrogen (secondary N) is 1. The molecular formula is C24H16FN5O. The third-order valence-corrected chi connectivity index (χ3v) is 4.47. The van der Waals surface area contributed by atoms with E-state index in [9.17, 15) is 14.4 Å². The molecule has 0 radical (unpaired) electrons. The Hall–Kier alpha value is -4.57. The molecule has 0 aliphatic carbocycles. The number of nitrogens with zero attached hydrogens (tertiary/aromatic N) is 4. The number of halogens is 1. The number of pyridine rings is 1. The average Bonchev–Trinajstić information content (AvgIpc) is 3.24. The Bertz CT molecular complexity index is 1270. The molecule has 1 amide bonds. The molecule has 150 valence electrons. The summed E-state index contributed by atoms with van der Waals surface area (Å²) in [5.41, 5.74) is 3.03. The van der Waals surface area contributed by atoms with Crippen LogP contribution < -0.4 is 5.32 Å². The fraction of sp³-hybridized carbons (Fsp3) is 0. The lowest BCUT2D eigenvalue weighted by atomic mass is 10.1. The molecule has 7 heteroatoms. The predicted octanol–water partition coefficient (Wildman–Crippen LogP) is 4.62. The first-order valence-corrected chi connectivity index (χ1v) is 9.38. The van der Waals surface area contributed by atoms with E-state index in [1.54, 1.807) is 29.3 Å². The van der Waals surface area contributed by atoms with Crippen molar-refractivity contribution in [1.29, 1.82) is 5.26 Å². The summed E-state index contributed by atoms with van der Waals surface area (Å²) in [5, 5.41) is 16.8. The molecule has 31 heavy (non-hydrogen) atoms. The molecule has 0 unspecified atom stereocenters. The molecule has 2 aromatic heterocycles. The molecule has 0 atom stereocenters. The molecule has 2 heterocycles. The Balaban J connectivity index is 1.73. The van der Waals surface area contributed by atoms with E-state index in [2.05, 4.69) is 15.4 Å². The zero-order chi connectivity index (χ0) is 21.6. The number of hydrogen-bond donors (Lipinski definition) is 1. The van der Waals surface area contributed by atoms with Gasteiger partial charge in [0.2, 0.25) is 0 Å². The van der Waals surface area contributed by atoms with Gasteiger partial charge in [0, 0.05) is 35.4 Å². The van der Waals surface area contributed by atoms with Gasteiger partial charge in [0.15, 0.2) is 0 Å². The summed E-state index contributed by atoms with van der Waals surface area (Å²) >= 11 is 0. The van der Waals surface area contributed by atoms with E-state index in [1.165, 1.54) is 30.3 Å². The van der Waals surface area contributed by atoms with Crippen LogP contribution in [-0.2, 0) is 4.79 Å². The number of nitriles is 1. The number of benzene rings is 2. The van der Waals surface area contributed by atoms with Crippen LogP contribution >= 0.6 is 0 Å².